The van der Waals surface area contributed by atoms with Gasteiger partial charge in [0.1, 0.15) is 11.6 Å². The zero-order valence-corrected chi connectivity index (χ0v) is 12.4. The zero-order chi connectivity index (χ0) is 13.0. The number of ether oxygens (including phenoxy) is 1. The van der Waals surface area contributed by atoms with E-state index < -0.39 is 0 Å². The standard InChI is InChI=1S/C13H14IN3O/c1-3-15-13-11(14)8-16-12(17-13)9-4-6-10(18-2)7-5-9/h4-8H,3H2,1-2H3,(H,15,16,17). The van der Waals surface area contributed by atoms with Crippen LogP contribution in [0.5, 0.6) is 5.75 Å². The van der Waals surface area contributed by atoms with Crippen LogP contribution in [0, 0.1) is 3.57 Å². The van der Waals surface area contributed by atoms with Crippen LogP contribution >= 0.6 is 22.6 Å². The van der Waals surface area contributed by atoms with Crippen LogP contribution in [0.3, 0.4) is 0 Å². The third kappa shape index (κ3) is 2.90. The summed E-state index contributed by atoms with van der Waals surface area (Å²) in [4.78, 5) is 8.86. The molecule has 0 fully saturated rings. The van der Waals surface area contributed by atoms with Gasteiger partial charge in [0.2, 0.25) is 0 Å². The molecule has 0 aliphatic heterocycles. The van der Waals surface area contributed by atoms with Crippen LogP contribution in [0.4, 0.5) is 5.82 Å². The second-order valence-corrected chi connectivity index (χ2v) is 4.81. The summed E-state index contributed by atoms with van der Waals surface area (Å²) < 4.78 is 6.15. The Morgan fingerprint density at radius 2 is 2.00 bits per heavy atom. The van der Waals surface area contributed by atoms with Crippen LogP contribution < -0.4 is 10.1 Å². The lowest BCUT2D eigenvalue weighted by Crippen LogP contribution is -2.03. The molecule has 0 saturated heterocycles. The van der Waals surface area contributed by atoms with E-state index in [1.165, 1.54) is 0 Å². The lowest BCUT2D eigenvalue weighted by molar-refractivity contribution is 0.415. The van der Waals surface area contributed by atoms with Crippen LogP contribution in [-0.4, -0.2) is 23.6 Å². The van der Waals surface area contributed by atoms with Crippen molar-refractivity contribution in [1.82, 2.24) is 9.97 Å². The van der Waals surface area contributed by atoms with Gasteiger partial charge < -0.3 is 10.1 Å². The SMILES string of the molecule is CCNc1nc(-c2ccc(OC)cc2)ncc1I. The molecule has 1 aromatic carbocycles. The van der Waals surface area contributed by atoms with Crippen LogP contribution in [0.25, 0.3) is 11.4 Å². The predicted octanol–water partition coefficient (Wildman–Crippen LogP) is 3.19. The zero-order valence-electron chi connectivity index (χ0n) is 10.3. The molecule has 0 unspecified atom stereocenters. The molecular weight excluding hydrogens is 341 g/mol. The number of hydrogen-bond acceptors (Lipinski definition) is 4. The van der Waals surface area contributed by atoms with E-state index in [1.54, 1.807) is 7.11 Å². The van der Waals surface area contributed by atoms with Gasteiger partial charge in [-0.25, -0.2) is 9.97 Å². The van der Waals surface area contributed by atoms with Crippen LogP contribution in [0.15, 0.2) is 30.5 Å². The topological polar surface area (TPSA) is 47.0 Å². The van der Waals surface area contributed by atoms with E-state index in [-0.39, 0.29) is 0 Å². The molecule has 1 N–H and O–H groups in total. The first kappa shape index (κ1) is 13.1. The van der Waals surface area contributed by atoms with Crippen molar-refractivity contribution in [2.75, 3.05) is 19.0 Å². The summed E-state index contributed by atoms with van der Waals surface area (Å²) >= 11 is 2.22. The van der Waals surface area contributed by atoms with Crippen molar-refractivity contribution in [3.8, 4) is 17.1 Å². The summed E-state index contributed by atoms with van der Waals surface area (Å²) in [5, 5.41) is 3.23. The fourth-order valence-electron chi connectivity index (χ4n) is 1.54. The van der Waals surface area contributed by atoms with E-state index in [4.69, 9.17) is 4.74 Å². The lowest BCUT2D eigenvalue weighted by atomic mass is 10.2. The predicted molar refractivity (Wildman–Crippen MR) is 80.9 cm³/mol. The quantitative estimate of drug-likeness (QED) is 0.856. The van der Waals surface area contributed by atoms with Gasteiger partial charge in [-0.05, 0) is 53.8 Å². The van der Waals surface area contributed by atoms with Crippen molar-refractivity contribution >= 4 is 28.4 Å². The van der Waals surface area contributed by atoms with Crippen molar-refractivity contribution in [2.24, 2.45) is 0 Å². The highest BCUT2D eigenvalue weighted by Gasteiger charge is 2.06. The number of aromatic nitrogens is 2. The summed E-state index contributed by atoms with van der Waals surface area (Å²) in [5.74, 6) is 2.42. The smallest absolute Gasteiger partial charge is 0.161 e. The van der Waals surface area contributed by atoms with Gasteiger partial charge in [-0.15, -0.1) is 0 Å². The van der Waals surface area contributed by atoms with Gasteiger partial charge in [-0.1, -0.05) is 0 Å². The van der Waals surface area contributed by atoms with Gasteiger partial charge in [0.25, 0.3) is 0 Å². The molecule has 2 rings (SSSR count). The fraction of sp³-hybridized carbons (Fsp3) is 0.231. The normalized spacial score (nSPS) is 10.2. The Hall–Kier alpha value is -1.37. The number of benzene rings is 1. The first-order valence-electron chi connectivity index (χ1n) is 5.65. The molecule has 18 heavy (non-hydrogen) atoms. The molecule has 0 atom stereocenters. The Balaban J connectivity index is 2.34. The monoisotopic (exact) mass is 355 g/mol. The van der Waals surface area contributed by atoms with Gasteiger partial charge in [0, 0.05) is 18.3 Å². The van der Waals surface area contributed by atoms with Crippen molar-refractivity contribution < 1.29 is 4.74 Å². The highest BCUT2D eigenvalue weighted by Crippen LogP contribution is 2.22. The molecule has 0 amide bonds. The minimum Gasteiger partial charge on any atom is -0.497 e. The molecule has 0 bridgehead atoms. The summed E-state index contributed by atoms with van der Waals surface area (Å²) in [6, 6.07) is 7.72. The number of halogens is 1. The Morgan fingerprint density at radius 1 is 1.28 bits per heavy atom. The molecule has 2 aromatic rings. The average Bonchev–Trinajstić information content (AvgIpc) is 2.42. The molecule has 0 aliphatic carbocycles. The fourth-order valence-corrected chi connectivity index (χ4v) is 1.99. The van der Waals surface area contributed by atoms with Gasteiger partial charge in [0.15, 0.2) is 5.82 Å². The second kappa shape index (κ2) is 5.99. The van der Waals surface area contributed by atoms with E-state index in [0.29, 0.717) is 5.82 Å². The van der Waals surface area contributed by atoms with E-state index in [9.17, 15) is 0 Å². The van der Waals surface area contributed by atoms with E-state index in [1.807, 2.05) is 37.4 Å². The first-order chi connectivity index (χ1) is 8.74. The third-order valence-corrected chi connectivity index (χ3v) is 3.23. The van der Waals surface area contributed by atoms with Crippen molar-refractivity contribution in [2.45, 2.75) is 6.92 Å². The summed E-state index contributed by atoms with van der Waals surface area (Å²) in [6.07, 6.45) is 1.82. The maximum Gasteiger partial charge on any atom is 0.161 e. The maximum absolute atomic E-state index is 5.13. The van der Waals surface area contributed by atoms with Gasteiger partial charge in [-0.2, -0.15) is 0 Å². The van der Waals surface area contributed by atoms with E-state index in [0.717, 1.165) is 27.2 Å². The highest BCUT2D eigenvalue weighted by molar-refractivity contribution is 14.1. The van der Waals surface area contributed by atoms with E-state index >= 15 is 0 Å². The third-order valence-electron chi connectivity index (χ3n) is 2.44. The molecule has 1 heterocycles. The molecule has 0 spiro atoms. The maximum atomic E-state index is 5.13. The van der Waals surface area contributed by atoms with Crippen molar-refractivity contribution in [1.29, 1.82) is 0 Å². The Labute approximate surface area is 120 Å². The van der Waals surface area contributed by atoms with Crippen molar-refractivity contribution in [3.63, 3.8) is 0 Å². The summed E-state index contributed by atoms with van der Waals surface area (Å²) in [6.45, 7) is 2.89. The molecule has 4 nitrogen and oxygen atoms in total. The number of anilines is 1. The molecule has 0 saturated carbocycles. The number of nitrogens with zero attached hydrogens (tertiary/aromatic N) is 2. The molecular formula is C13H14IN3O. The number of hydrogen-bond donors (Lipinski definition) is 1. The van der Waals surface area contributed by atoms with Crippen LogP contribution in [0.1, 0.15) is 6.92 Å². The van der Waals surface area contributed by atoms with Crippen LogP contribution in [-0.2, 0) is 0 Å². The largest absolute Gasteiger partial charge is 0.497 e. The van der Waals surface area contributed by atoms with Gasteiger partial charge in [0.05, 0.1) is 10.7 Å². The Morgan fingerprint density at radius 3 is 2.61 bits per heavy atom. The minimum absolute atomic E-state index is 0.717. The van der Waals surface area contributed by atoms with Crippen molar-refractivity contribution in [3.05, 3.63) is 34.0 Å². The molecule has 5 heteroatoms. The molecule has 1 aromatic heterocycles. The summed E-state index contributed by atoms with van der Waals surface area (Å²) in [5.41, 5.74) is 0.978. The highest BCUT2D eigenvalue weighted by atomic mass is 127. The molecule has 0 radical (unpaired) electrons. The van der Waals surface area contributed by atoms with Gasteiger partial charge in [-0.3, -0.25) is 0 Å². The summed E-state index contributed by atoms with van der Waals surface area (Å²) in [7, 11) is 1.65. The Kier molecular flexibility index (Phi) is 4.35. The number of nitrogens with one attached hydrogen (secondary N) is 1. The first-order valence-corrected chi connectivity index (χ1v) is 6.73. The lowest BCUT2D eigenvalue weighted by Gasteiger charge is -2.07. The second-order valence-electron chi connectivity index (χ2n) is 3.65. The van der Waals surface area contributed by atoms with E-state index in [2.05, 4.69) is 37.9 Å². The van der Waals surface area contributed by atoms with Crippen LogP contribution in [0.2, 0.25) is 0 Å². The van der Waals surface area contributed by atoms with Gasteiger partial charge >= 0.3 is 0 Å². The number of rotatable bonds is 4. The Bertz CT molecular complexity index is 528. The average molecular weight is 355 g/mol. The number of methoxy groups -OCH3 is 1. The molecule has 94 valence electrons. The molecule has 0 aliphatic rings. The minimum atomic E-state index is 0.717.